The molecule has 1 rings (SSSR count). The Morgan fingerprint density at radius 1 is 1.44 bits per heavy atom. The molecule has 2 nitrogen and oxygen atoms in total. The van der Waals surface area contributed by atoms with Crippen LogP contribution in [-0.2, 0) is 6.18 Å². The lowest BCUT2D eigenvalue weighted by molar-refractivity contribution is -0.137. The maximum Gasteiger partial charge on any atom is 0.416 e. The number of amides is 1. The van der Waals surface area contributed by atoms with Crippen LogP contribution in [0.3, 0.4) is 0 Å². The van der Waals surface area contributed by atoms with Crippen molar-refractivity contribution in [2.75, 3.05) is 12.4 Å². The van der Waals surface area contributed by atoms with Gasteiger partial charge in [-0.15, -0.1) is 11.6 Å². The van der Waals surface area contributed by atoms with E-state index in [0.29, 0.717) is 12.4 Å². The number of benzene rings is 1. The molecule has 1 unspecified atom stereocenters. The van der Waals surface area contributed by atoms with E-state index < -0.39 is 17.6 Å². The van der Waals surface area contributed by atoms with Gasteiger partial charge in [0.25, 0.3) is 5.91 Å². The first-order valence-corrected chi connectivity index (χ1v) is 5.89. The summed E-state index contributed by atoms with van der Waals surface area (Å²) in [6.07, 6.45) is -4.44. The quantitative estimate of drug-likeness (QED) is 0.842. The predicted molar refractivity (Wildman–Crippen MR) is 63.7 cm³/mol. The van der Waals surface area contributed by atoms with Crippen molar-refractivity contribution in [2.45, 2.75) is 13.1 Å². The molecule has 0 aliphatic heterocycles. The van der Waals surface area contributed by atoms with E-state index in [4.69, 9.17) is 11.6 Å². The normalized spacial score (nSPS) is 13.2. The van der Waals surface area contributed by atoms with Gasteiger partial charge in [0.15, 0.2) is 0 Å². The first-order chi connectivity index (χ1) is 8.34. The number of carbonyl (C=O) groups excluding carboxylic acids is 1. The van der Waals surface area contributed by atoms with Crippen molar-refractivity contribution in [3.05, 3.63) is 35.4 Å². The van der Waals surface area contributed by atoms with Crippen molar-refractivity contribution in [3.8, 4) is 0 Å². The SMILES string of the molecule is CC(CCl)CNC(=O)c1cccc(C(F)(F)F)c1. The van der Waals surface area contributed by atoms with Crippen molar-refractivity contribution in [2.24, 2.45) is 5.92 Å². The molecule has 0 fully saturated rings. The summed E-state index contributed by atoms with van der Waals surface area (Å²) in [6, 6.07) is 4.32. The van der Waals surface area contributed by atoms with Crippen molar-refractivity contribution < 1.29 is 18.0 Å². The van der Waals surface area contributed by atoms with Crippen LogP contribution in [0.5, 0.6) is 0 Å². The molecule has 100 valence electrons. The van der Waals surface area contributed by atoms with Gasteiger partial charge in [0.1, 0.15) is 0 Å². The van der Waals surface area contributed by atoms with E-state index in [1.165, 1.54) is 12.1 Å². The number of carbonyl (C=O) groups is 1. The van der Waals surface area contributed by atoms with Crippen LogP contribution >= 0.6 is 11.6 Å². The number of hydrogen-bond acceptors (Lipinski definition) is 1. The molecule has 1 atom stereocenters. The second-order valence-electron chi connectivity index (χ2n) is 4.05. The Kier molecular flexibility index (Phi) is 5.02. The molecule has 0 aliphatic rings. The van der Waals surface area contributed by atoms with Crippen molar-refractivity contribution in [1.29, 1.82) is 0 Å². The maximum atomic E-state index is 12.5. The molecule has 0 bridgehead atoms. The lowest BCUT2D eigenvalue weighted by atomic mass is 10.1. The highest BCUT2D eigenvalue weighted by atomic mass is 35.5. The average molecular weight is 280 g/mol. The van der Waals surface area contributed by atoms with Crippen molar-refractivity contribution >= 4 is 17.5 Å². The minimum atomic E-state index is -4.44. The molecule has 18 heavy (non-hydrogen) atoms. The molecule has 1 aromatic carbocycles. The van der Waals surface area contributed by atoms with Crippen LogP contribution in [0.25, 0.3) is 0 Å². The molecule has 1 amide bonds. The van der Waals surface area contributed by atoms with Crippen LogP contribution in [0.4, 0.5) is 13.2 Å². The first-order valence-electron chi connectivity index (χ1n) is 5.36. The van der Waals surface area contributed by atoms with E-state index in [1.54, 1.807) is 0 Å². The molecule has 0 heterocycles. The van der Waals surface area contributed by atoms with Gasteiger partial charge >= 0.3 is 6.18 Å². The topological polar surface area (TPSA) is 29.1 Å². The second kappa shape index (κ2) is 6.09. The van der Waals surface area contributed by atoms with Gasteiger partial charge in [-0.2, -0.15) is 13.2 Å². The van der Waals surface area contributed by atoms with E-state index in [9.17, 15) is 18.0 Å². The summed E-state index contributed by atoms with van der Waals surface area (Å²) < 4.78 is 37.4. The van der Waals surface area contributed by atoms with E-state index in [0.717, 1.165) is 12.1 Å². The first kappa shape index (κ1) is 14.8. The largest absolute Gasteiger partial charge is 0.416 e. The van der Waals surface area contributed by atoms with Crippen LogP contribution in [0, 0.1) is 5.92 Å². The van der Waals surface area contributed by atoms with Gasteiger partial charge in [0.2, 0.25) is 0 Å². The molecule has 1 aromatic rings. The Hall–Kier alpha value is -1.23. The van der Waals surface area contributed by atoms with Crippen LogP contribution in [-0.4, -0.2) is 18.3 Å². The number of halogens is 4. The summed E-state index contributed by atoms with van der Waals surface area (Å²) in [5.41, 5.74) is -0.841. The predicted octanol–water partition coefficient (Wildman–Crippen LogP) is 3.31. The third kappa shape index (κ3) is 4.22. The summed E-state index contributed by atoms with van der Waals surface area (Å²) in [5, 5.41) is 2.54. The van der Waals surface area contributed by atoms with Crippen LogP contribution in [0.15, 0.2) is 24.3 Å². The van der Waals surface area contributed by atoms with E-state index >= 15 is 0 Å². The monoisotopic (exact) mass is 279 g/mol. The van der Waals surface area contributed by atoms with Crippen LogP contribution in [0.1, 0.15) is 22.8 Å². The lowest BCUT2D eigenvalue weighted by Crippen LogP contribution is -2.29. The molecule has 0 saturated heterocycles. The van der Waals surface area contributed by atoms with Gasteiger partial charge in [-0.05, 0) is 24.1 Å². The van der Waals surface area contributed by atoms with Gasteiger partial charge in [0, 0.05) is 18.0 Å². The Balaban J connectivity index is 2.75. The summed E-state index contributed by atoms with van der Waals surface area (Å²) in [4.78, 5) is 11.6. The fourth-order valence-electron chi connectivity index (χ4n) is 1.26. The molecule has 0 radical (unpaired) electrons. The summed E-state index contributed by atoms with van der Waals surface area (Å²) in [5.74, 6) is -0.0810. The second-order valence-corrected chi connectivity index (χ2v) is 4.36. The molecule has 6 heteroatoms. The summed E-state index contributed by atoms with van der Waals surface area (Å²) in [7, 11) is 0. The van der Waals surface area contributed by atoms with Gasteiger partial charge in [0.05, 0.1) is 5.56 Å². The number of alkyl halides is 4. The third-order valence-corrected chi connectivity index (χ3v) is 2.85. The van der Waals surface area contributed by atoms with Crippen LogP contribution < -0.4 is 5.32 Å². The molecule has 0 aromatic heterocycles. The molecule has 0 spiro atoms. The van der Waals surface area contributed by atoms with Gasteiger partial charge in [-0.3, -0.25) is 4.79 Å². The molecular weight excluding hydrogens is 267 g/mol. The minimum Gasteiger partial charge on any atom is -0.352 e. The van der Waals surface area contributed by atoms with Crippen LogP contribution in [0.2, 0.25) is 0 Å². The highest BCUT2D eigenvalue weighted by molar-refractivity contribution is 6.18. The highest BCUT2D eigenvalue weighted by Crippen LogP contribution is 2.29. The summed E-state index contributed by atoms with van der Waals surface area (Å²) in [6.45, 7) is 2.16. The smallest absolute Gasteiger partial charge is 0.352 e. The van der Waals surface area contributed by atoms with Crippen molar-refractivity contribution in [1.82, 2.24) is 5.32 Å². The minimum absolute atomic E-state index is 0.00778. The van der Waals surface area contributed by atoms with E-state index in [1.807, 2.05) is 6.92 Å². The standard InChI is InChI=1S/C12H13ClF3NO/c1-8(6-13)7-17-11(18)9-3-2-4-10(5-9)12(14,15)16/h2-5,8H,6-7H2,1H3,(H,17,18). The fraction of sp³-hybridized carbons (Fsp3) is 0.417. The zero-order valence-electron chi connectivity index (χ0n) is 9.72. The lowest BCUT2D eigenvalue weighted by Gasteiger charge is -2.11. The van der Waals surface area contributed by atoms with E-state index in [-0.39, 0.29) is 11.5 Å². The zero-order valence-corrected chi connectivity index (χ0v) is 10.5. The zero-order chi connectivity index (χ0) is 13.8. The Morgan fingerprint density at radius 3 is 2.67 bits per heavy atom. The van der Waals surface area contributed by atoms with Crippen molar-refractivity contribution in [3.63, 3.8) is 0 Å². The van der Waals surface area contributed by atoms with Gasteiger partial charge < -0.3 is 5.32 Å². The van der Waals surface area contributed by atoms with Gasteiger partial charge in [-0.1, -0.05) is 13.0 Å². The third-order valence-electron chi connectivity index (χ3n) is 2.33. The highest BCUT2D eigenvalue weighted by Gasteiger charge is 2.30. The fourth-order valence-corrected chi connectivity index (χ4v) is 1.37. The van der Waals surface area contributed by atoms with E-state index in [2.05, 4.69) is 5.32 Å². The molecule has 1 N–H and O–H groups in total. The number of rotatable bonds is 4. The Bertz CT molecular complexity index is 420. The number of nitrogens with one attached hydrogen (secondary N) is 1. The number of hydrogen-bond donors (Lipinski definition) is 1. The Morgan fingerprint density at radius 2 is 2.11 bits per heavy atom. The molecular formula is C12H13ClF3NO. The summed E-state index contributed by atoms with van der Waals surface area (Å²) >= 11 is 5.57. The van der Waals surface area contributed by atoms with Gasteiger partial charge in [-0.25, -0.2) is 0 Å². The molecule has 0 aliphatic carbocycles. The average Bonchev–Trinajstić information content (AvgIpc) is 2.34. The maximum absolute atomic E-state index is 12.5. The Labute approximate surface area is 108 Å². The molecule has 0 saturated carbocycles.